The van der Waals surface area contributed by atoms with Gasteiger partial charge < -0.3 is 15.0 Å². The molecule has 2 unspecified atom stereocenters. The molecule has 112 valence electrons. The highest BCUT2D eigenvalue weighted by atomic mass is 16.5. The van der Waals surface area contributed by atoms with E-state index in [9.17, 15) is 0 Å². The van der Waals surface area contributed by atoms with Gasteiger partial charge in [0, 0.05) is 25.0 Å². The van der Waals surface area contributed by atoms with Gasteiger partial charge in [-0.3, -0.25) is 0 Å². The first kappa shape index (κ1) is 15.3. The van der Waals surface area contributed by atoms with E-state index in [2.05, 4.69) is 51.9 Å². The quantitative estimate of drug-likeness (QED) is 0.801. The molecule has 3 heteroatoms. The first-order valence-electron chi connectivity index (χ1n) is 7.90. The van der Waals surface area contributed by atoms with Crippen LogP contribution in [0.4, 0.5) is 0 Å². The summed E-state index contributed by atoms with van der Waals surface area (Å²) in [6.45, 7) is 14.8. The summed E-state index contributed by atoms with van der Waals surface area (Å²) in [4.78, 5) is 2.62. The van der Waals surface area contributed by atoms with E-state index in [1.165, 1.54) is 19.4 Å². The van der Waals surface area contributed by atoms with E-state index in [1.807, 2.05) is 0 Å². The van der Waals surface area contributed by atoms with Crippen LogP contribution in [-0.4, -0.2) is 48.8 Å². The van der Waals surface area contributed by atoms with E-state index >= 15 is 0 Å². The van der Waals surface area contributed by atoms with Gasteiger partial charge in [-0.1, -0.05) is 6.92 Å². The Kier molecular flexibility index (Phi) is 4.29. The van der Waals surface area contributed by atoms with Crippen molar-refractivity contribution in [2.75, 3.05) is 26.7 Å². The maximum atomic E-state index is 6.33. The Morgan fingerprint density at radius 3 is 2.21 bits per heavy atom. The second-order valence-corrected chi connectivity index (χ2v) is 7.48. The van der Waals surface area contributed by atoms with Gasteiger partial charge in [-0.25, -0.2) is 0 Å². The molecule has 3 nitrogen and oxygen atoms in total. The standard InChI is InChI=1S/C16H32N2O/c1-7-18(10-12-8-9-12)11-13-14(17-6)16(4,5)19-15(13,2)3/h12-14,17H,7-11H2,1-6H3. The van der Waals surface area contributed by atoms with Crippen LogP contribution in [0.15, 0.2) is 0 Å². The van der Waals surface area contributed by atoms with Crippen molar-refractivity contribution in [1.82, 2.24) is 10.2 Å². The maximum Gasteiger partial charge on any atom is 0.0790 e. The molecule has 0 amide bonds. The van der Waals surface area contributed by atoms with Crippen molar-refractivity contribution in [3.63, 3.8) is 0 Å². The minimum absolute atomic E-state index is 0.0475. The molecule has 0 aromatic rings. The van der Waals surface area contributed by atoms with Gasteiger partial charge in [0.05, 0.1) is 11.2 Å². The molecule has 2 atom stereocenters. The molecule has 0 aromatic carbocycles. The lowest BCUT2D eigenvalue weighted by Crippen LogP contribution is -2.50. The third kappa shape index (κ3) is 3.32. The SMILES string of the molecule is CCN(CC1CC1)CC1C(NC)C(C)(C)OC1(C)C. The van der Waals surface area contributed by atoms with E-state index in [-0.39, 0.29) is 11.2 Å². The highest BCUT2D eigenvalue weighted by molar-refractivity contribution is 5.05. The molecule has 2 rings (SSSR count). The van der Waals surface area contributed by atoms with Crippen LogP contribution in [0.2, 0.25) is 0 Å². The Morgan fingerprint density at radius 1 is 1.11 bits per heavy atom. The molecule has 1 saturated carbocycles. The fourth-order valence-electron chi connectivity index (χ4n) is 3.85. The van der Waals surface area contributed by atoms with Crippen molar-refractivity contribution in [3.05, 3.63) is 0 Å². The number of nitrogens with zero attached hydrogens (tertiary/aromatic N) is 1. The molecular formula is C16H32N2O. The molecule has 19 heavy (non-hydrogen) atoms. The lowest BCUT2D eigenvalue weighted by atomic mass is 9.82. The van der Waals surface area contributed by atoms with Crippen LogP contribution >= 0.6 is 0 Å². The molecule has 0 spiro atoms. The first-order chi connectivity index (χ1) is 8.80. The molecule has 0 radical (unpaired) electrons. The number of rotatable bonds is 6. The Bertz CT molecular complexity index is 310. The lowest BCUT2D eigenvalue weighted by molar-refractivity contribution is -0.0794. The van der Waals surface area contributed by atoms with E-state index in [0.717, 1.165) is 19.0 Å². The molecule has 0 bridgehead atoms. The van der Waals surface area contributed by atoms with Gasteiger partial charge in [-0.15, -0.1) is 0 Å². The second-order valence-electron chi connectivity index (χ2n) is 7.48. The molecule has 1 N–H and O–H groups in total. The summed E-state index contributed by atoms with van der Waals surface area (Å²) < 4.78 is 6.33. The summed E-state index contributed by atoms with van der Waals surface area (Å²) >= 11 is 0. The molecular weight excluding hydrogens is 236 g/mol. The molecule has 0 aromatic heterocycles. The van der Waals surface area contributed by atoms with Crippen LogP contribution in [-0.2, 0) is 4.74 Å². The Balaban J connectivity index is 2.06. The predicted molar refractivity (Wildman–Crippen MR) is 80.4 cm³/mol. The largest absolute Gasteiger partial charge is 0.368 e. The van der Waals surface area contributed by atoms with Gasteiger partial charge in [0.15, 0.2) is 0 Å². The highest BCUT2D eigenvalue weighted by Crippen LogP contribution is 2.42. The zero-order chi connectivity index (χ0) is 14.3. The monoisotopic (exact) mass is 268 g/mol. The minimum Gasteiger partial charge on any atom is -0.368 e. The fraction of sp³-hybridized carbons (Fsp3) is 1.00. The van der Waals surface area contributed by atoms with Crippen molar-refractivity contribution in [1.29, 1.82) is 0 Å². The Labute approximate surface area is 119 Å². The molecule has 1 saturated heterocycles. The Morgan fingerprint density at radius 2 is 1.74 bits per heavy atom. The van der Waals surface area contributed by atoms with Crippen LogP contribution in [0.25, 0.3) is 0 Å². The average molecular weight is 268 g/mol. The number of hydrogen-bond acceptors (Lipinski definition) is 3. The average Bonchev–Trinajstić information content (AvgIpc) is 3.06. The number of nitrogens with one attached hydrogen (secondary N) is 1. The zero-order valence-electron chi connectivity index (χ0n) is 13.6. The van der Waals surface area contributed by atoms with E-state index in [4.69, 9.17) is 4.74 Å². The highest BCUT2D eigenvalue weighted by Gasteiger charge is 2.53. The molecule has 1 aliphatic carbocycles. The predicted octanol–water partition coefficient (Wildman–Crippen LogP) is 2.51. The third-order valence-corrected chi connectivity index (χ3v) is 5.00. The van der Waals surface area contributed by atoms with Gasteiger partial charge in [-0.05, 0) is 60.0 Å². The summed E-state index contributed by atoms with van der Waals surface area (Å²) in [5, 5.41) is 3.51. The van der Waals surface area contributed by atoms with Gasteiger partial charge in [-0.2, -0.15) is 0 Å². The number of hydrogen-bond donors (Lipinski definition) is 1. The van der Waals surface area contributed by atoms with Crippen molar-refractivity contribution in [2.45, 2.75) is 64.7 Å². The zero-order valence-corrected chi connectivity index (χ0v) is 13.6. The van der Waals surface area contributed by atoms with Gasteiger partial charge in [0.2, 0.25) is 0 Å². The summed E-state index contributed by atoms with van der Waals surface area (Å²) in [6, 6.07) is 0.427. The molecule has 1 aliphatic heterocycles. The normalized spacial score (nSPS) is 33.0. The molecule has 2 fully saturated rings. The van der Waals surface area contributed by atoms with Crippen molar-refractivity contribution >= 4 is 0 Å². The van der Waals surface area contributed by atoms with Gasteiger partial charge in [0.25, 0.3) is 0 Å². The minimum atomic E-state index is -0.0814. The third-order valence-electron chi connectivity index (χ3n) is 5.00. The first-order valence-corrected chi connectivity index (χ1v) is 7.90. The lowest BCUT2D eigenvalue weighted by Gasteiger charge is -2.34. The summed E-state index contributed by atoms with van der Waals surface area (Å²) in [6.07, 6.45) is 2.87. The van der Waals surface area contributed by atoms with Crippen LogP contribution in [0.1, 0.15) is 47.5 Å². The van der Waals surface area contributed by atoms with Crippen molar-refractivity contribution in [3.8, 4) is 0 Å². The molecule has 1 heterocycles. The maximum absolute atomic E-state index is 6.33. The van der Waals surface area contributed by atoms with Crippen molar-refractivity contribution < 1.29 is 4.74 Å². The smallest absolute Gasteiger partial charge is 0.0790 e. The molecule has 2 aliphatic rings. The summed E-state index contributed by atoms with van der Waals surface area (Å²) in [7, 11) is 2.07. The van der Waals surface area contributed by atoms with Crippen LogP contribution < -0.4 is 5.32 Å². The fourth-order valence-corrected chi connectivity index (χ4v) is 3.85. The van der Waals surface area contributed by atoms with E-state index in [0.29, 0.717) is 12.0 Å². The Hall–Kier alpha value is -0.120. The van der Waals surface area contributed by atoms with Gasteiger partial charge in [0.1, 0.15) is 0 Å². The van der Waals surface area contributed by atoms with E-state index in [1.54, 1.807) is 0 Å². The summed E-state index contributed by atoms with van der Waals surface area (Å²) in [5.74, 6) is 1.51. The number of ether oxygens (including phenoxy) is 1. The van der Waals surface area contributed by atoms with Gasteiger partial charge >= 0.3 is 0 Å². The van der Waals surface area contributed by atoms with E-state index < -0.39 is 0 Å². The van der Waals surface area contributed by atoms with Crippen LogP contribution in [0, 0.1) is 11.8 Å². The number of likely N-dealkylation sites (N-methyl/N-ethyl adjacent to an activating group) is 1. The topological polar surface area (TPSA) is 24.5 Å². The summed E-state index contributed by atoms with van der Waals surface area (Å²) in [5.41, 5.74) is -0.129. The van der Waals surface area contributed by atoms with Crippen LogP contribution in [0.5, 0.6) is 0 Å². The van der Waals surface area contributed by atoms with Crippen molar-refractivity contribution in [2.24, 2.45) is 11.8 Å². The van der Waals surface area contributed by atoms with Crippen LogP contribution in [0.3, 0.4) is 0 Å². The second kappa shape index (κ2) is 5.34.